The fourth-order valence-electron chi connectivity index (χ4n) is 2.24. The van der Waals surface area contributed by atoms with Gasteiger partial charge in [-0.2, -0.15) is 0 Å². The lowest BCUT2D eigenvalue weighted by molar-refractivity contribution is 0.101. The van der Waals surface area contributed by atoms with E-state index in [1.54, 1.807) is 18.3 Å². The van der Waals surface area contributed by atoms with Crippen molar-refractivity contribution in [3.05, 3.63) is 35.5 Å². The largest absolute Gasteiger partial charge is 0.353 e. The summed E-state index contributed by atoms with van der Waals surface area (Å²) in [5.41, 5.74) is 0.567. The Bertz CT molecular complexity index is 590. The van der Waals surface area contributed by atoms with Gasteiger partial charge in [0, 0.05) is 44.7 Å². The molecule has 0 saturated carbocycles. The van der Waals surface area contributed by atoms with Gasteiger partial charge in [-0.1, -0.05) is 6.07 Å². The molecule has 3 heterocycles. The number of nitrogens with zero attached hydrogens (tertiary/aromatic N) is 4. The van der Waals surface area contributed by atoms with E-state index in [0.29, 0.717) is 5.69 Å². The molecular weight excluding hydrogens is 272 g/mol. The van der Waals surface area contributed by atoms with Crippen LogP contribution in [0.25, 0.3) is 0 Å². The van der Waals surface area contributed by atoms with Gasteiger partial charge in [0.2, 0.25) is 0 Å². The predicted molar refractivity (Wildman–Crippen MR) is 80.8 cm³/mol. The van der Waals surface area contributed by atoms with Gasteiger partial charge >= 0.3 is 0 Å². The molecule has 0 atom stereocenters. The van der Waals surface area contributed by atoms with Crippen molar-refractivity contribution >= 4 is 28.1 Å². The summed E-state index contributed by atoms with van der Waals surface area (Å²) in [5, 5.41) is 2.78. The molecule has 1 fully saturated rings. The number of hydrogen-bond acceptors (Lipinski definition) is 6. The monoisotopic (exact) mass is 288 g/mol. The van der Waals surface area contributed by atoms with Gasteiger partial charge < -0.3 is 9.80 Å². The number of rotatable bonds is 3. The third-order valence-electron chi connectivity index (χ3n) is 3.38. The Kier molecular flexibility index (Phi) is 3.64. The molecule has 0 aliphatic carbocycles. The number of carbonyl (C=O) groups excluding carboxylic acids is 1. The van der Waals surface area contributed by atoms with Crippen LogP contribution >= 0.6 is 11.3 Å². The Morgan fingerprint density at radius 3 is 2.55 bits per heavy atom. The first kappa shape index (κ1) is 13.1. The molecule has 3 rings (SSSR count). The van der Waals surface area contributed by atoms with Gasteiger partial charge in [-0.05, 0) is 12.1 Å². The molecule has 1 aliphatic heterocycles. The van der Waals surface area contributed by atoms with E-state index in [9.17, 15) is 4.79 Å². The number of ketones is 1. The second kappa shape index (κ2) is 5.58. The predicted octanol–water partition coefficient (Wildman–Crippen LogP) is 2.07. The van der Waals surface area contributed by atoms with Crippen LogP contribution in [0.5, 0.6) is 0 Å². The van der Waals surface area contributed by atoms with E-state index in [1.165, 1.54) is 0 Å². The van der Waals surface area contributed by atoms with Gasteiger partial charge in [0.15, 0.2) is 10.9 Å². The van der Waals surface area contributed by atoms with Crippen LogP contribution in [0.3, 0.4) is 0 Å². The summed E-state index contributed by atoms with van der Waals surface area (Å²) in [6.45, 7) is 5.21. The molecule has 0 N–H and O–H groups in total. The number of piperazine rings is 1. The summed E-state index contributed by atoms with van der Waals surface area (Å²) < 4.78 is 0. The Morgan fingerprint density at radius 2 is 1.95 bits per heavy atom. The van der Waals surface area contributed by atoms with E-state index in [2.05, 4.69) is 19.8 Å². The van der Waals surface area contributed by atoms with Crippen molar-refractivity contribution in [2.24, 2.45) is 0 Å². The molecule has 0 amide bonds. The van der Waals surface area contributed by atoms with Crippen LogP contribution in [0, 0.1) is 0 Å². The van der Waals surface area contributed by atoms with Crippen LogP contribution in [-0.4, -0.2) is 41.9 Å². The van der Waals surface area contributed by atoms with E-state index in [1.807, 2.05) is 29.8 Å². The van der Waals surface area contributed by atoms with Crippen molar-refractivity contribution in [3.8, 4) is 0 Å². The molecule has 2 aromatic rings. The van der Waals surface area contributed by atoms with Gasteiger partial charge in [0.25, 0.3) is 0 Å². The van der Waals surface area contributed by atoms with Crippen LogP contribution in [-0.2, 0) is 0 Å². The number of thiazole rings is 1. The first-order valence-corrected chi connectivity index (χ1v) is 7.49. The third kappa shape index (κ3) is 2.65. The molecule has 1 aliphatic rings. The van der Waals surface area contributed by atoms with E-state index in [4.69, 9.17) is 0 Å². The molecule has 20 heavy (non-hydrogen) atoms. The van der Waals surface area contributed by atoms with E-state index in [-0.39, 0.29) is 5.78 Å². The molecular formula is C14H16N4OS. The van der Waals surface area contributed by atoms with Crippen molar-refractivity contribution < 1.29 is 4.79 Å². The smallest absolute Gasteiger partial charge is 0.186 e. The lowest BCUT2D eigenvalue weighted by Crippen LogP contribution is -2.46. The fraction of sp³-hybridized carbons (Fsp3) is 0.357. The zero-order valence-corrected chi connectivity index (χ0v) is 12.1. The number of Topliss-reactive ketones (excluding diaryl/α,β-unsaturated/α-hetero) is 1. The standard InChI is InChI=1S/C14H16N4OS/c1-11(19)12-10-20-14(16-12)18-8-6-17(7-9-18)13-4-2-3-5-15-13/h2-5,10H,6-9H2,1H3. The van der Waals surface area contributed by atoms with E-state index in [0.717, 1.165) is 37.1 Å². The minimum atomic E-state index is 0.0274. The summed E-state index contributed by atoms with van der Waals surface area (Å²) in [4.78, 5) is 24.6. The lowest BCUT2D eigenvalue weighted by atomic mass is 10.3. The quantitative estimate of drug-likeness (QED) is 0.809. The Hall–Kier alpha value is -1.95. The maximum absolute atomic E-state index is 11.3. The van der Waals surface area contributed by atoms with Crippen LogP contribution in [0.15, 0.2) is 29.8 Å². The number of hydrogen-bond donors (Lipinski definition) is 0. The Balaban J connectivity index is 1.65. The second-order valence-electron chi connectivity index (χ2n) is 4.73. The van der Waals surface area contributed by atoms with Crippen LogP contribution in [0.4, 0.5) is 10.9 Å². The number of anilines is 2. The maximum atomic E-state index is 11.3. The first-order chi connectivity index (χ1) is 9.74. The highest BCUT2D eigenvalue weighted by Crippen LogP contribution is 2.23. The van der Waals surface area contributed by atoms with Crippen LogP contribution < -0.4 is 9.80 Å². The molecule has 1 saturated heterocycles. The zero-order valence-electron chi connectivity index (χ0n) is 11.3. The average molecular weight is 288 g/mol. The molecule has 0 spiro atoms. The van der Waals surface area contributed by atoms with Gasteiger partial charge in [0.05, 0.1) is 0 Å². The number of pyridine rings is 1. The van der Waals surface area contributed by atoms with Crippen molar-refractivity contribution in [2.75, 3.05) is 36.0 Å². The molecule has 0 radical (unpaired) electrons. The Morgan fingerprint density at radius 1 is 1.20 bits per heavy atom. The van der Waals surface area contributed by atoms with Crippen LogP contribution in [0.1, 0.15) is 17.4 Å². The molecule has 0 unspecified atom stereocenters. The van der Waals surface area contributed by atoms with Gasteiger partial charge in [-0.3, -0.25) is 4.79 Å². The van der Waals surface area contributed by atoms with Gasteiger partial charge in [-0.15, -0.1) is 11.3 Å². The highest BCUT2D eigenvalue weighted by atomic mass is 32.1. The van der Waals surface area contributed by atoms with Crippen LogP contribution in [0.2, 0.25) is 0 Å². The van der Waals surface area contributed by atoms with Crippen molar-refractivity contribution in [2.45, 2.75) is 6.92 Å². The van der Waals surface area contributed by atoms with Crippen molar-refractivity contribution in [1.82, 2.24) is 9.97 Å². The Labute approximate surface area is 121 Å². The summed E-state index contributed by atoms with van der Waals surface area (Å²) in [6.07, 6.45) is 1.82. The third-order valence-corrected chi connectivity index (χ3v) is 4.28. The van der Waals surface area contributed by atoms with Gasteiger partial charge in [0.1, 0.15) is 11.5 Å². The molecule has 6 heteroatoms. The summed E-state index contributed by atoms with van der Waals surface area (Å²) in [5.74, 6) is 1.05. The van der Waals surface area contributed by atoms with Gasteiger partial charge in [-0.25, -0.2) is 9.97 Å². The lowest BCUT2D eigenvalue weighted by Gasteiger charge is -2.35. The fourth-order valence-corrected chi connectivity index (χ4v) is 3.16. The number of aromatic nitrogens is 2. The zero-order chi connectivity index (χ0) is 13.9. The minimum absolute atomic E-state index is 0.0274. The molecule has 5 nitrogen and oxygen atoms in total. The SMILES string of the molecule is CC(=O)c1csc(N2CCN(c3ccccn3)CC2)n1. The minimum Gasteiger partial charge on any atom is -0.353 e. The summed E-state index contributed by atoms with van der Waals surface area (Å²) in [6, 6.07) is 5.97. The second-order valence-corrected chi connectivity index (χ2v) is 5.57. The summed E-state index contributed by atoms with van der Waals surface area (Å²) in [7, 11) is 0. The highest BCUT2D eigenvalue weighted by Gasteiger charge is 2.20. The topological polar surface area (TPSA) is 49.3 Å². The van der Waals surface area contributed by atoms with Crippen molar-refractivity contribution in [3.63, 3.8) is 0 Å². The van der Waals surface area contributed by atoms with E-state index < -0.39 is 0 Å². The van der Waals surface area contributed by atoms with Crippen molar-refractivity contribution in [1.29, 1.82) is 0 Å². The molecule has 104 valence electrons. The molecule has 2 aromatic heterocycles. The molecule has 0 bridgehead atoms. The average Bonchev–Trinajstić information content (AvgIpc) is 2.98. The highest BCUT2D eigenvalue weighted by molar-refractivity contribution is 7.13. The van der Waals surface area contributed by atoms with E-state index >= 15 is 0 Å². The number of carbonyl (C=O) groups is 1. The molecule has 0 aromatic carbocycles. The first-order valence-electron chi connectivity index (χ1n) is 6.61. The maximum Gasteiger partial charge on any atom is 0.186 e. The summed E-state index contributed by atoms with van der Waals surface area (Å²) >= 11 is 1.54. The normalized spacial score (nSPS) is 15.4.